The summed E-state index contributed by atoms with van der Waals surface area (Å²) in [5, 5.41) is 4.03. The van der Waals surface area contributed by atoms with E-state index in [1.54, 1.807) is 4.52 Å². The van der Waals surface area contributed by atoms with Crippen LogP contribution >= 0.6 is 0 Å². The largest absolute Gasteiger partial charge is 0.490 e. The highest BCUT2D eigenvalue weighted by atomic mass is 16.5. The number of anilines is 1. The number of fused-ring (bicyclic) bond motifs is 1. The van der Waals surface area contributed by atoms with E-state index in [0.29, 0.717) is 6.10 Å². The SMILES string of the molecule is CN1CCC(Oc2ccn3nc(N)nc3c2)CC1. The number of nitrogen functional groups attached to an aromatic ring is 1. The van der Waals surface area contributed by atoms with Gasteiger partial charge in [-0.05, 0) is 26.0 Å². The first-order chi connectivity index (χ1) is 8.70. The first kappa shape index (κ1) is 11.3. The van der Waals surface area contributed by atoms with E-state index in [1.807, 2.05) is 18.3 Å². The number of nitrogens with zero attached hydrogens (tertiary/aromatic N) is 4. The molecule has 1 saturated heterocycles. The van der Waals surface area contributed by atoms with Crippen molar-refractivity contribution in [2.24, 2.45) is 0 Å². The Hall–Kier alpha value is -1.82. The third kappa shape index (κ3) is 2.24. The summed E-state index contributed by atoms with van der Waals surface area (Å²) in [6, 6.07) is 3.78. The van der Waals surface area contributed by atoms with Crippen LogP contribution in [0.25, 0.3) is 5.65 Å². The molecule has 0 aliphatic carbocycles. The third-order valence-corrected chi connectivity index (χ3v) is 3.29. The molecule has 0 radical (unpaired) electrons. The number of rotatable bonds is 2. The Bertz CT molecular complexity index is 544. The second-order valence-electron chi connectivity index (χ2n) is 4.76. The zero-order valence-electron chi connectivity index (χ0n) is 10.4. The molecule has 0 bridgehead atoms. The van der Waals surface area contributed by atoms with E-state index in [0.717, 1.165) is 37.3 Å². The number of aromatic nitrogens is 3. The topological polar surface area (TPSA) is 68.7 Å². The van der Waals surface area contributed by atoms with Crippen LogP contribution in [0.4, 0.5) is 5.95 Å². The van der Waals surface area contributed by atoms with Crippen LogP contribution in [0.2, 0.25) is 0 Å². The molecule has 96 valence electrons. The van der Waals surface area contributed by atoms with Gasteiger partial charge >= 0.3 is 0 Å². The Morgan fingerprint density at radius 3 is 2.94 bits per heavy atom. The van der Waals surface area contributed by atoms with Crippen LogP contribution in [0.3, 0.4) is 0 Å². The minimum Gasteiger partial charge on any atom is -0.490 e. The molecule has 1 fully saturated rings. The summed E-state index contributed by atoms with van der Waals surface area (Å²) in [6.07, 6.45) is 4.25. The summed E-state index contributed by atoms with van der Waals surface area (Å²) in [5.41, 5.74) is 6.27. The summed E-state index contributed by atoms with van der Waals surface area (Å²) in [6.45, 7) is 2.18. The zero-order valence-corrected chi connectivity index (χ0v) is 10.4. The smallest absolute Gasteiger partial charge is 0.240 e. The van der Waals surface area contributed by atoms with Gasteiger partial charge in [0.05, 0.1) is 0 Å². The summed E-state index contributed by atoms with van der Waals surface area (Å²) < 4.78 is 7.62. The van der Waals surface area contributed by atoms with Gasteiger partial charge in [-0.1, -0.05) is 0 Å². The Morgan fingerprint density at radius 2 is 2.17 bits per heavy atom. The highest BCUT2D eigenvalue weighted by Crippen LogP contribution is 2.19. The van der Waals surface area contributed by atoms with Crippen molar-refractivity contribution in [2.45, 2.75) is 18.9 Å². The number of hydrogen-bond acceptors (Lipinski definition) is 5. The van der Waals surface area contributed by atoms with Crippen LogP contribution in [-0.4, -0.2) is 45.7 Å². The molecular weight excluding hydrogens is 230 g/mol. The number of likely N-dealkylation sites (tertiary alicyclic amines) is 1. The second kappa shape index (κ2) is 4.45. The van der Waals surface area contributed by atoms with Gasteiger partial charge in [-0.25, -0.2) is 4.52 Å². The van der Waals surface area contributed by atoms with E-state index in [1.165, 1.54) is 0 Å². The Morgan fingerprint density at radius 1 is 1.39 bits per heavy atom. The average Bonchev–Trinajstić information content (AvgIpc) is 2.71. The average molecular weight is 247 g/mol. The predicted octanol–water partition coefficient (Wildman–Crippen LogP) is 0.784. The third-order valence-electron chi connectivity index (χ3n) is 3.29. The lowest BCUT2D eigenvalue weighted by molar-refractivity contribution is 0.114. The molecule has 1 aliphatic rings. The molecule has 18 heavy (non-hydrogen) atoms. The number of ether oxygens (including phenoxy) is 1. The van der Waals surface area contributed by atoms with Crippen LogP contribution in [0, 0.1) is 0 Å². The summed E-state index contributed by atoms with van der Waals surface area (Å²) >= 11 is 0. The number of pyridine rings is 1. The molecule has 1 aliphatic heterocycles. The van der Waals surface area contributed by atoms with Crippen LogP contribution < -0.4 is 10.5 Å². The van der Waals surface area contributed by atoms with Crippen molar-refractivity contribution in [2.75, 3.05) is 25.9 Å². The quantitative estimate of drug-likeness (QED) is 0.849. The number of hydrogen-bond donors (Lipinski definition) is 1. The maximum absolute atomic E-state index is 5.97. The molecule has 0 aromatic carbocycles. The summed E-state index contributed by atoms with van der Waals surface area (Å²) in [7, 11) is 2.14. The molecule has 2 aromatic heterocycles. The second-order valence-corrected chi connectivity index (χ2v) is 4.76. The molecule has 0 amide bonds. The van der Waals surface area contributed by atoms with Gasteiger partial charge in [-0.2, -0.15) is 4.98 Å². The van der Waals surface area contributed by atoms with Gasteiger partial charge in [0.2, 0.25) is 5.95 Å². The minimum absolute atomic E-state index is 0.284. The molecule has 2 aromatic rings. The van der Waals surface area contributed by atoms with E-state index in [4.69, 9.17) is 10.5 Å². The maximum Gasteiger partial charge on any atom is 0.240 e. The zero-order chi connectivity index (χ0) is 12.5. The lowest BCUT2D eigenvalue weighted by Crippen LogP contribution is -2.35. The summed E-state index contributed by atoms with van der Waals surface area (Å²) in [4.78, 5) is 6.44. The Kier molecular flexibility index (Phi) is 2.79. The molecule has 0 spiro atoms. The first-order valence-corrected chi connectivity index (χ1v) is 6.18. The van der Waals surface area contributed by atoms with Crippen molar-refractivity contribution in [3.63, 3.8) is 0 Å². The maximum atomic E-state index is 5.97. The molecule has 2 N–H and O–H groups in total. The van der Waals surface area contributed by atoms with Gasteiger partial charge in [0.25, 0.3) is 0 Å². The van der Waals surface area contributed by atoms with E-state index < -0.39 is 0 Å². The lowest BCUT2D eigenvalue weighted by atomic mass is 10.1. The molecule has 0 atom stereocenters. The molecule has 3 rings (SSSR count). The highest BCUT2D eigenvalue weighted by molar-refractivity contribution is 5.46. The molecule has 0 unspecified atom stereocenters. The normalized spacial score (nSPS) is 18.3. The lowest BCUT2D eigenvalue weighted by Gasteiger charge is -2.29. The fourth-order valence-corrected chi connectivity index (χ4v) is 2.25. The van der Waals surface area contributed by atoms with Crippen LogP contribution in [0.5, 0.6) is 5.75 Å². The molecular formula is C12H17N5O. The van der Waals surface area contributed by atoms with Crippen molar-refractivity contribution in [1.29, 1.82) is 0 Å². The number of nitrogens with two attached hydrogens (primary N) is 1. The minimum atomic E-state index is 0.284. The number of piperidine rings is 1. The van der Waals surface area contributed by atoms with Crippen molar-refractivity contribution in [1.82, 2.24) is 19.5 Å². The van der Waals surface area contributed by atoms with Crippen molar-refractivity contribution in [3.8, 4) is 5.75 Å². The molecule has 0 saturated carbocycles. The van der Waals surface area contributed by atoms with E-state index in [-0.39, 0.29) is 5.95 Å². The van der Waals surface area contributed by atoms with Crippen LogP contribution in [0.15, 0.2) is 18.3 Å². The molecule has 3 heterocycles. The Balaban J connectivity index is 1.74. The fraction of sp³-hybridized carbons (Fsp3) is 0.500. The Labute approximate surface area is 105 Å². The van der Waals surface area contributed by atoms with E-state index in [2.05, 4.69) is 22.0 Å². The fourth-order valence-electron chi connectivity index (χ4n) is 2.25. The van der Waals surface area contributed by atoms with Gasteiger partial charge in [-0.15, -0.1) is 5.10 Å². The van der Waals surface area contributed by atoms with E-state index in [9.17, 15) is 0 Å². The van der Waals surface area contributed by atoms with Crippen LogP contribution in [0.1, 0.15) is 12.8 Å². The molecule has 6 heteroatoms. The highest BCUT2D eigenvalue weighted by Gasteiger charge is 2.18. The first-order valence-electron chi connectivity index (χ1n) is 6.18. The van der Waals surface area contributed by atoms with Gasteiger partial charge in [0.1, 0.15) is 11.9 Å². The van der Waals surface area contributed by atoms with Gasteiger partial charge in [0.15, 0.2) is 5.65 Å². The predicted molar refractivity (Wildman–Crippen MR) is 68.5 cm³/mol. The van der Waals surface area contributed by atoms with Gasteiger partial charge in [0, 0.05) is 25.4 Å². The summed E-state index contributed by atoms with van der Waals surface area (Å²) in [5.74, 6) is 1.12. The van der Waals surface area contributed by atoms with E-state index >= 15 is 0 Å². The monoisotopic (exact) mass is 247 g/mol. The standard InChI is InChI=1S/C12H17N5O/c1-16-5-2-9(3-6-16)18-10-4-7-17-11(8-10)14-12(13)15-17/h4,7-9H,2-3,5-6H2,1H3,(H2,13,15). The van der Waals surface area contributed by atoms with Crippen molar-refractivity contribution >= 4 is 11.6 Å². The van der Waals surface area contributed by atoms with Crippen molar-refractivity contribution < 1.29 is 4.74 Å². The van der Waals surface area contributed by atoms with Gasteiger partial charge < -0.3 is 15.4 Å². The van der Waals surface area contributed by atoms with Crippen LogP contribution in [-0.2, 0) is 0 Å². The van der Waals surface area contributed by atoms with Gasteiger partial charge in [-0.3, -0.25) is 0 Å². The molecule has 6 nitrogen and oxygen atoms in total. The van der Waals surface area contributed by atoms with Crippen molar-refractivity contribution in [3.05, 3.63) is 18.3 Å².